The zero-order valence-electron chi connectivity index (χ0n) is 15.5. The summed E-state index contributed by atoms with van der Waals surface area (Å²) in [5.74, 6) is 0.557. The number of hydrogen-bond donors (Lipinski definition) is 1. The molecule has 0 saturated carbocycles. The SMILES string of the molecule is CC(c1ccc(S(N)(=O)=O)cc1)N(C)C(=O)COc1ccc2c(c1)CCC2. The van der Waals surface area contributed by atoms with Crippen LogP contribution >= 0.6 is 0 Å². The lowest BCUT2D eigenvalue weighted by atomic mass is 10.1. The monoisotopic (exact) mass is 388 g/mol. The highest BCUT2D eigenvalue weighted by atomic mass is 32.2. The molecule has 27 heavy (non-hydrogen) atoms. The number of amides is 1. The van der Waals surface area contributed by atoms with Crippen molar-refractivity contribution >= 4 is 15.9 Å². The molecule has 2 aromatic rings. The molecule has 3 rings (SSSR count). The quantitative estimate of drug-likeness (QED) is 0.823. The van der Waals surface area contributed by atoms with Gasteiger partial charge in [-0.15, -0.1) is 0 Å². The first-order valence-electron chi connectivity index (χ1n) is 8.89. The van der Waals surface area contributed by atoms with Crippen molar-refractivity contribution in [2.24, 2.45) is 5.14 Å². The number of nitrogens with two attached hydrogens (primary N) is 1. The fourth-order valence-electron chi connectivity index (χ4n) is 3.26. The van der Waals surface area contributed by atoms with Crippen molar-refractivity contribution in [1.82, 2.24) is 4.90 Å². The Bertz CT molecular complexity index is 939. The number of rotatable bonds is 6. The third kappa shape index (κ3) is 4.48. The summed E-state index contributed by atoms with van der Waals surface area (Å²) in [6.45, 7) is 1.83. The number of nitrogens with zero attached hydrogens (tertiary/aromatic N) is 1. The van der Waals surface area contributed by atoms with E-state index in [1.165, 1.54) is 29.7 Å². The number of carbonyl (C=O) groups excluding carboxylic acids is 1. The van der Waals surface area contributed by atoms with Crippen LogP contribution in [0.4, 0.5) is 0 Å². The Kier molecular flexibility index (Phi) is 5.53. The summed E-state index contributed by atoms with van der Waals surface area (Å²) in [7, 11) is -2.03. The number of carbonyl (C=O) groups is 1. The van der Waals surface area contributed by atoms with E-state index in [0.29, 0.717) is 5.75 Å². The van der Waals surface area contributed by atoms with Gasteiger partial charge in [-0.25, -0.2) is 13.6 Å². The highest BCUT2D eigenvalue weighted by Crippen LogP contribution is 2.26. The van der Waals surface area contributed by atoms with E-state index in [0.717, 1.165) is 18.4 Å². The van der Waals surface area contributed by atoms with Crippen LogP contribution in [-0.4, -0.2) is 32.9 Å². The van der Waals surface area contributed by atoms with Crippen LogP contribution in [0.2, 0.25) is 0 Å². The largest absolute Gasteiger partial charge is 0.484 e. The van der Waals surface area contributed by atoms with Crippen LogP contribution in [0, 0.1) is 0 Å². The van der Waals surface area contributed by atoms with Crippen LogP contribution in [0.5, 0.6) is 5.75 Å². The number of aryl methyl sites for hydroxylation is 2. The molecule has 2 N–H and O–H groups in total. The lowest BCUT2D eigenvalue weighted by molar-refractivity contribution is -0.134. The second-order valence-electron chi connectivity index (χ2n) is 6.87. The molecular weight excluding hydrogens is 364 g/mol. The van der Waals surface area contributed by atoms with E-state index in [1.54, 1.807) is 24.1 Å². The molecule has 0 spiro atoms. The maximum atomic E-state index is 12.5. The smallest absolute Gasteiger partial charge is 0.260 e. The van der Waals surface area contributed by atoms with E-state index >= 15 is 0 Å². The number of primary sulfonamides is 1. The molecule has 0 aromatic heterocycles. The summed E-state index contributed by atoms with van der Waals surface area (Å²) in [4.78, 5) is 14.1. The molecule has 1 atom stereocenters. The summed E-state index contributed by atoms with van der Waals surface area (Å²) >= 11 is 0. The molecule has 1 aliphatic carbocycles. The molecule has 0 saturated heterocycles. The van der Waals surface area contributed by atoms with Gasteiger partial charge >= 0.3 is 0 Å². The van der Waals surface area contributed by atoms with Crippen LogP contribution in [-0.2, 0) is 27.7 Å². The highest BCUT2D eigenvalue weighted by Gasteiger charge is 2.19. The number of likely N-dealkylation sites (N-methyl/N-ethyl adjacent to an activating group) is 1. The third-order valence-electron chi connectivity index (χ3n) is 5.10. The maximum absolute atomic E-state index is 12.5. The van der Waals surface area contributed by atoms with E-state index in [9.17, 15) is 13.2 Å². The molecule has 0 bridgehead atoms. The van der Waals surface area contributed by atoms with Gasteiger partial charge in [0.25, 0.3) is 5.91 Å². The topological polar surface area (TPSA) is 89.7 Å². The minimum absolute atomic E-state index is 0.0467. The Morgan fingerprint density at radius 3 is 2.48 bits per heavy atom. The summed E-state index contributed by atoms with van der Waals surface area (Å²) in [6, 6.07) is 12.0. The van der Waals surface area contributed by atoms with Crippen LogP contribution < -0.4 is 9.88 Å². The molecule has 0 aliphatic heterocycles. The van der Waals surface area contributed by atoms with Gasteiger partial charge in [-0.1, -0.05) is 18.2 Å². The van der Waals surface area contributed by atoms with E-state index in [1.807, 2.05) is 19.1 Å². The second kappa shape index (κ2) is 7.70. The lowest BCUT2D eigenvalue weighted by Crippen LogP contribution is -2.33. The van der Waals surface area contributed by atoms with Gasteiger partial charge in [-0.3, -0.25) is 4.79 Å². The molecule has 0 radical (unpaired) electrons. The number of benzene rings is 2. The predicted molar refractivity (Wildman–Crippen MR) is 103 cm³/mol. The Morgan fingerprint density at radius 1 is 1.15 bits per heavy atom. The highest BCUT2D eigenvalue weighted by molar-refractivity contribution is 7.89. The van der Waals surface area contributed by atoms with Gasteiger partial charge in [0.05, 0.1) is 10.9 Å². The van der Waals surface area contributed by atoms with Gasteiger partial charge in [0.2, 0.25) is 10.0 Å². The predicted octanol–water partition coefficient (Wildman–Crippen LogP) is 2.42. The fraction of sp³-hybridized carbons (Fsp3) is 0.350. The van der Waals surface area contributed by atoms with E-state index < -0.39 is 10.0 Å². The summed E-state index contributed by atoms with van der Waals surface area (Å²) in [5.41, 5.74) is 3.48. The van der Waals surface area contributed by atoms with Gasteiger partial charge in [-0.05, 0) is 67.1 Å². The fourth-order valence-corrected chi connectivity index (χ4v) is 3.78. The molecule has 6 nitrogen and oxygen atoms in total. The van der Waals surface area contributed by atoms with Crippen molar-refractivity contribution in [2.45, 2.75) is 37.1 Å². The van der Waals surface area contributed by atoms with E-state index in [4.69, 9.17) is 9.88 Å². The number of ether oxygens (including phenoxy) is 1. The van der Waals surface area contributed by atoms with Crippen molar-refractivity contribution in [3.63, 3.8) is 0 Å². The zero-order valence-corrected chi connectivity index (χ0v) is 16.3. The Hall–Kier alpha value is -2.38. The Morgan fingerprint density at radius 2 is 1.81 bits per heavy atom. The molecular formula is C20H24N2O4S. The first-order valence-corrected chi connectivity index (χ1v) is 10.4. The van der Waals surface area contributed by atoms with Crippen molar-refractivity contribution in [3.05, 3.63) is 59.2 Å². The van der Waals surface area contributed by atoms with Crippen molar-refractivity contribution in [1.29, 1.82) is 0 Å². The molecule has 1 aliphatic rings. The summed E-state index contributed by atoms with van der Waals surface area (Å²) in [5, 5.41) is 5.11. The molecule has 1 amide bonds. The van der Waals surface area contributed by atoms with Crippen molar-refractivity contribution in [3.8, 4) is 5.75 Å². The minimum atomic E-state index is -3.73. The average Bonchev–Trinajstić information content (AvgIpc) is 3.12. The van der Waals surface area contributed by atoms with Crippen LogP contribution in [0.3, 0.4) is 0 Å². The molecule has 2 aromatic carbocycles. The van der Waals surface area contributed by atoms with Gasteiger partial charge in [0.15, 0.2) is 6.61 Å². The second-order valence-corrected chi connectivity index (χ2v) is 8.43. The van der Waals surface area contributed by atoms with Gasteiger partial charge in [0, 0.05) is 7.05 Å². The number of hydrogen-bond acceptors (Lipinski definition) is 4. The van der Waals surface area contributed by atoms with Gasteiger partial charge in [0.1, 0.15) is 5.75 Å². The zero-order chi connectivity index (χ0) is 19.6. The van der Waals surface area contributed by atoms with Crippen molar-refractivity contribution in [2.75, 3.05) is 13.7 Å². The van der Waals surface area contributed by atoms with Crippen molar-refractivity contribution < 1.29 is 17.9 Å². The maximum Gasteiger partial charge on any atom is 0.260 e. The van der Waals surface area contributed by atoms with Crippen LogP contribution in [0.25, 0.3) is 0 Å². The summed E-state index contributed by atoms with van der Waals surface area (Å²) in [6.07, 6.45) is 3.34. The standard InChI is InChI=1S/C20H24N2O4S/c1-14(15-7-10-19(11-8-15)27(21,24)25)22(2)20(23)13-26-18-9-6-16-4-3-5-17(16)12-18/h6-12,14H,3-5,13H2,1-2H3,(H2,21,24,25). The molecule has 7 heteroatoms. The normalized spacial score (nSPS) is 14.5. The first-order chi connectivity index (χ1) is 12.8. The molecule has 1 unspecified atom stereocenters. The molecule has 144 valence electrons. The third-order valence-corrected chi connectivity index (χ3v) is 6.03. The molecule has 0 heterocycles. The van der Waals surface area contributed by atoms with Crippen LogP contribution in [0.15, 0.2) is 47.4 Å². The number of fused-ring (bicyclic) bond motifs is 1. The Labute approximate surface area is 160 Å². The minimum Gasteiger partial charge on any atom is -0.484 e. The van der Waals surface area contributed by atoms with Gasteiger partial charge < -0.3 is 9.64 Å². The van der Waals surface area contributed by atoms with E-state index in [2.05, 4.69) is 6.07 Å². The average molecular weight is 388 g/mol. The summed E-state index contributed by atoms with van der Waals surface area (Å²) < 4.78 is 28.4. The molecule has 0 fully saturated rings. The Balaban J connectivity index is 1.61. The van der Waals surface area contributed by atoms with Crippen LogP contribution in [0.1, 0.15) is 36.1 Å². The van der Waals surface area contributed by atoms with E-state index in [-0.39, 0.29) is 23.5 Å². The number of sulfonamides is 1. The lowest BCUT2D eigenvalue weighted by Gasteiger charge is -2.25. The van der Waals surface area contributed by atoms with Gasteiger partial charge in [-0.2, -0.15) is 0 Å². The first kappa shape index (κ1) is 19.4.